The predicted molar refractivity (Wildman–Crippen MR) is 36.7 cm³/mol. The van der Waals surface area contributed by atoms with Crippen molar-refractivity contribution in [1.82, 2.24) is 9.62 Å². The largest absolute Gasteiger partial charge is 1.00 e. The van der Waals surface area contributed by atoms with Gasteiger partial charge >= 0.3 is 29.6 Å². The molecule has 0 aromatic carbocycles. The molecule has 1 amide bonds. The van der Waals surface area contributed by atoms with Gasteiger partial charge in [0.2, 0.25) is 5.91 Å². The van der Waals surface area contributed by atoms with E-state index in [0.717, 1.165) is 4.31 Å². The fourth-order valence-corrected chi connectivity index (χ4v) is 2.51. The van der Waals surface area contributed by atoms with Gasteiger partial charge in [-0.3, -0.25) is 4.79 Å². The third-order valence-corrected chi connectivity index (χ3v) is 3.23. The van der Waals surface area contributed by atoms with E-state index in [-0.39, 0.29) is 54.5 Å². The molecule has 2 rings (SSSR count). The molecule has 2 unspecified atom stereocenters. The molecule has 13 heavy (non-hydrogen) atoms. The van der Waals surface area contributed by atoms with E-state index in [1.807, 2.05) is 0 Å². The Hall–Kier alpha value is 0.340. The summed E-state index contributed by atoms with van der Waals surface area (Å²) in [5.74, 6) is -0.184. The Morgan fingerprint density at radius 3 is 2.62 bits per heavy atom. The maximum Gasteiger partial charge on any atom is 1.00 e. The van der Waals surface area contributed by atoms with E-state index in [4.69, 9.17) is 0 Å². The van der Waals surface area contributed by atoms with Crippen molar-refractivity contribution in [2.45, 2.75) is 18.5 Å². The predicted octanol–water partition coefficient (Wildman–Crippen LogP) is -4.98. The van der Waals surface area contributed by atoms with Crippen molar-refractivity contribution in [1.29, 1.82) is 0 Å². The SMILES string of the molecule is O=C1CC2C(CN2S(=O)(=O)[O-])N1.[Na+]. The first kappa shape index (κ1) is 11.4. The summed E-state index contributed by atoms with van der Waals surface area (Å²) < 4.78 is 32.3. The third-order valence-electron chi connectivity index (χ3n) is 2.24. The zero-order valence-electron chi connectivity index (χ0n) is 7.06. The Balaban J connectivity index is 0.000000845. The molecule has 68 valence electrons. The second-order valence-electron chi connectivity index (χ2n) is 2.97. The molecule has 0 aliphatic carbocycles. The van der Waals surface area contributed by atoms with Crippen molar-refractivity contribution >= 4 is 16.2 Å². The standard InChI is InChI=1S/C5H8N2O4S.Na/c8-5-1-4-3(6-5)2-7(4)12(9,10)11;/h3-4H,1-2H2,(H,6,8)(H,9,10,11);/q;+1/p-1. The summed E-state index contributed by atoms with van der Waals surface area (Å²) in [5.41, 5.74) is 0. The molecule has 0 saturated carbocycles. The van der Waals surface area contributed by atoms with Crippen LogP contribution in [-0.2, 0) is 15.1 Å². The summed E-state index contributed by atoms with van der Waals surface area (Å²) in [6.07, 6.45) is 0.117. The van der Waals surface area contributed by atoms with Crippen LogP contribution in [0.1, 0.15) is 6.42 Å². The van der Waals surface area contributed by atoms with E-state index in [9.17, 15) is 17.8 Å². The van der Waals surface area contributed by atoms with Crippen LogP contribution in [0.5, 0.6) is 0 Å². The number of fused-ring (bicyclic) bond motifs is 1. The Morgan fingerprint density at radius 2 is 2.15 bits per heavy atom. The monoisotopic (exact) mass is 214 g/mol. The van der Waals surface area contributed by atoms with Gasteiger partial charge in [0.1, 0.15) is 0 Å². The molecule has 2 aliphatic heterocycles. The fraction of sp³-hybridized carbons (Fsp3) is 0.800. The van der Waals surface area contributed by atoms with Gasteiger partial charge < -0.3 is 9.87 Å². The number of hydrogen-bond donors (Lipinski definition) is 1. The van der Waals surface area contributed by atoms with Crippen LogP contribution in [0.4, 0.5) is 0 Å². The van der Waals surface area contributed by atoms with Gasteiger partial charge in [-0.2, -0.15) is 0 Å². The van der Waals surface area contributed by atoms with Crippen LogP contribution in [0.2, 0.25) is 0 Å². The first-order valence-electron chi connectivity index (χ1n) is 3.50. The molecule has 2 saturated heterocycles. The maximum absolute atomic E-state index is 10.7. The molecular weight excluding hydrogens is 207 g/mol. The number of carbonyl (C=O) groups excluding carboxylic acids is 1. The van der Waals surface area contributed by atoms with Crippen molar-refractivity contribution in [2.75, 3.05) is 6.54 Å². The maximum atomic E-state index is 10.7. The Morgan fingerprint density at radius 1 is 1.54 bits per heavy atom. The van der Waals surface area contributed by atoms with Gasteiger partial charge in [-0.15, -0.1) is 0 Å². The Bertz CT molecular complexity index is 329. The van der Waals surface area contributed by atoms with Crippen molar-refractivity contribution in [2.24, 2.45) is 0 Å². The summed E-state index contributed by atoms with van der Waals surface area (Å²) in [5, 5.41) is 2.57. The van der Waals surface area contributed by atoms with Crippen LogP contribution in [0.15, 0.2) is 0 Å². The first-order chi connectivity index (χ1) is 5.48. The number of nitrogens with one attached hydrogen (secondary N) is 1. The molecule has 0 aromatic rings. The van der Waals surface area contributed by atoms with Gasteiger partial charge in [-0.25, -0.2) is 12.7 Å². The van der Waals surface area contributed by atoms with E-state index in [1.165, 1.54) is 0 Å². The van der Waals surface area contributed by atoms with Crippen molar-refractivity contribution < 1.29 is 47.3 Å². The topological polar surface area (TPSA) is 89.5 Å². The van der Waals surface area contributed by atoms with E-state index < -0.39 is 16.3 Å². The summed E-state index contributed by atoms with van der Waals surface area (Å²) in [4.78, 5) is 10.7. The molecule has 2 atom stereocenters. The van der Waals surface area contributed by atoms with Crippen LogP contribution < -0.4 is 34.9 Å². The van der Waals surface area contributed by atoms with E-state index >= 15 is 0 Å². The Kier molecular flexibility index (Phi) is 3.06. The first-order valence-corrected chi connectivity index (χ1v) is 4.87. The molecule has 2 aliphatic rings. The minimum absolute atomic E-state index is 0. The summed E-state index contributed by atoms with van der Waals surface area (Å²) in [6, 6.07) is -0.568. The molecule has 6 nitrogen and oxygen atoms in total. The normalized spacial score (nSPS) is 32.8. The molecule has 0 spiro atoms. The zero-order chi connectivity index (χ0) is 8.93. The zero-order valence-corrected chi connectivity index (χ0v) is 9.87. The minimum atomic E-state index is -4.35. The van der Waals surface area contributed by atoms with E-state index in [0.29, 0.717) is 0 Å². The average molecular weight is 214 g/mol. The smallest absolute Gasteiger partial charge is 0.735 e. The second-order valence-corrected chi connectivity index (χ2v) is 4.30. The van der Waals surface area contributed by atoms with Crippen LogP contribution in [-0.4, -0.2) is 41.8 Å². The minimum Gasteiger partial charge on any atom is -0.735 e. The quantitative estimate of drug-likeness (QED) is 0.349. The molecule has 1 N–H and O–H groups in total. The van der Waals surface area contributed by atoms with Crippen molar-refractivity contribution in [3.8, 4) is 0 Å². The van der Waals surface area contributed by atoms with Crippen LogP contribution >= 0.6 is 0 Å². The summed E-state index contributed by atoms with van der Waals surface area (Å²) >= 11 is 0. The van der Waals surface area contributed by atoms with Crippen molar-refractivity contribution in [3.63, 3.8) is 0 Å². The van der Waals surface area contributed by atoms with Gasteiger partial charge in [0.25, 0.3) is 0 Å². The summed E-state index contributed by atoms with van der Waals surface area (Å²) in [7, 11) is -4.35. The number of hydrogen-bond acceptors (Lipinski definition) is 4. The number of nitrogens with zero attached hydrogens (tertiary/aromatic N) is 1. The number of rotatable bonds is 1. The molecule has 2 heterocycles. The fourth-order valence-electron chi connectivity index (χ4n) is 1.61. The van der Waals surface area contributed by atoms with E-state index in [1.54, 1.807) is 0 Å². The molecule has 0 bridgehead atoms. The number of carbonyl (C=O) groups is 1. The molecular formula is C5H7N2NaO4S. The van der Waals surface area contributed by atoms with Crippen molar-refractivity contribution in [3.05, 3.63) is 0 Å². The molecule has 0 aromatic heterocycles. The van der Waals surface area contributed by atoms with Gasteiger partial charge in [0.15, 0.2) is 10.3 Å². The van der Waals surface area contributed by atoms with Gasteiger partial charge in [0.05, 0.1) is 12.1 Å². The van der Waals surface area contributed by atoms with Crippen LogP contribution in [0, 0.1) is 0 Å². The van der Waals surface area contributed by atoms with E-state index in [2.05, 4.69) is 5.32 Å². The second kappa shape index (κ2) is 3.48. The third kappa shape index (κ3) is 1.90. The van der Waals surface area contributed by atoms with Gasteiger partial charge in [-0.05, 0) is 0 Å². The molecule has 0 radical (unpaired) electrons. The number of amides is 1. The molecule has 8 heteroatoms. The van der Waals surface area contributed by atoms with Gasteiger partial charge in [0, 0.05) is 13.0 Å². The van der Waals surface area contributed by atoms with Crippen LogP contribution in [0.3, 0.4) is 0 Å². The average Bonchev–Trinajstić information content (AvgIpc) is 2.11. The van der Waals surface area contributed by atoms with Crippen LogP contribution in [0.25, 0.3) is 0 Å². The van der Waals surface area contributed by atoms with Gasteiger partial charge in [-0.1, -0.05) is 0 Å². The Labute approximate surface area is 97.8 Å². The molecule has 2 fully saturated rings. The summed E-state index contributed by atoms with van der Waals surface area (Å²) in [6.45, 7) is 0.127.